The summed E-state index contributed by atoms with van der Waals surface area (Å²) in [5, 5.41) is 12.3. The number of rotatable bonds is 4. The van der Waals surface area contributed by atoms with Crippen molar-refractivity contribution in [3.05, 3.63) is 69.4 Å². The molecule has 2 heterocycles. The molecular formula is C18H16N2O4. The van der Waals surface area contributed by atoms with Crippen molar-refractivity contribution in [2.75, 3.05) is 13.3 Å². The highest BCUT2D eigenvalue weighted by molar-refractivity contribution is 5.85. The van der Waals surface area contributed by atoms with Crippen molar-refractivity contribution < 1.29 is 14.4 Å². The fraction of sp³-hybridized carbons (Fsp3) is 0.222. The van der Waals surface area contributed by atoms with Gasteiger partial charge < -0.3 is 14.5 Å². The number of nitrogens with zero attached hydrogens (tertiary/aromatic N) is 1. The number of hydrogen-bond donors (Lipinski definition) is 1. The molecule has 1 N–H and O–H groups in total. The van der Waals surface area contributed by atoms with E-state index in [2.05, 4.69) is 4.98 Å². The lowest BCUT2D eigenvalue weighted by Gasteiger charge is -2.15. The van der Waals surface area contributed by atoms with Crippen molar-refractivity contribution in [1.82, 2.24) is 4.98 Å². The molecule has 0 radical (unpaired) electrons. The maximum atomic E-state index is 11.3. The van der Waals surface area contributed by atoms with Gasteiger partial charge in [-0.15, -0.1) is 0 Å². The number of ether oxygens (including phenoxy) is 2. The predicted molar refractivity (Wildman–Crippen MR) is 89.3 cm³/mol. The molecule has 1 aliphatic heterocycles. The summed E-state index contributed by atoms with van der Waals surface area (Å²) in [5.74, 6) is 0.957. The van der Waals surface area contributed by atoms with Gasteiger partial charge in [-0.05, 0) is 36.2 Å². The first kappa shape index (κ1) is 14.6. The molecule has 6 heteroatoms. The van der Waals surface area contributed by atoms with Gasteiger partial charge in [0, 0.05) is 21.5 Å². The van der Waals surface area contributed by atoms with Gasteiger partial charge in [-0.25, -0.2) is 0 Å². The van der Waals surface area contributed by atoms with Crippen LogP contribution in [0.2, 0.25) is 0 Å². The standard InChI is InChI=1S/C18H16N2O4/c1-11-18(13-4-2-3-5-15(13)19-11)14(9-20(21)22)12-6-7-16-17(8-12)24-10-23-16/h2-8,14,19H,9-10H2,1H3/t14-/m0/s1. The summed E-state index contributed by atoms with van der Waals surface area (Å²) in [6, 6.07) is 13.4. The molecule has 122 valence electrons. The van der Waals surface area contributed by atoms with Gasteiger partial charge in [0.2, 0.25) is 13.3 Å². The Hall–Kier alpha value is -3.02. The van der Waals surface area contributed by atoms with Gasteiger partial charge >= 0.3 is 0 Å². The first-order valence-electron chi connectivity index (χ1n) is 7.72. The molecular weight excluding hydrogens is 308 g/mol. The molecule has 24 heavy (non-hydrogen) atoms. The quantitative estimate of drug-likeness (QED) is 0.587. The van der Waals surface area contributed by atoms with Gasteiger partial charge in [-0.3, -0.25) is 10.1 Å². The summed E-state index contributed by atoms with van der Waals surface area (Å²) >= 11 is 0. The van der Waals surface area contributed by atoms with Gasteiger partial charge in [-0.1, -0.05) is 24.3 Å². The van der Waals surface area contributed by atoms with Crippen molar-refractivity contribution in [3.63, 3.8) is 0 Å². The summed E-state index contributed by atoms with van der Waals surface area (Å²) in [6.07, 6.45) is 0. The van der Waals surface area contributed by atoms with Crippen molar-refractivity contribution in [2.24, 2.45) is 0 Å². The Morgan fingerprint density at radius 3 is 2.83 bits per heavy atom. The highest BCUT2D eigenvalue weighted by atomic mass is 16.7. The van der Waals surface area contributed by atoms with Crippen molar-refractivity contribution in [1.29, 1.82) is 0 Å². The highest BCUT2D eigenvalue weighted by Gasteiger charge is 2.27. The van der Waals surface area contributed by atoms with Gasteiger partial charge in [0.1, 0.15) is 0 Å². The van der Waals surface area contributed by atoms with Gasteiger partial charge in [0.05, 0.1) is 5.92 Å². The highest BCUT2D eigenvalue weighted by Crippen LogP contribution is 2.39. The zero-order valence-electron chi connectivity index (χ0n) is 13.1. The van der Waals surface area contributed by atoms with Gasteiger partial charge in [0.15, 0.2) is 11.5 Å². The van der Waals surface area contributed by atoms with E-state index in [4.69, 9.17) is 9.47 Å². The summed E-state index contributed by atoms with van der Waals surface area (Å²) in [6.45, 7) is 1.96. The number of benzene rings is 2. The van der Waals surface area contributed by atoms with E-state index < -0.39 is 0 Å². The Balaban J connectivity index is 1.87. The van der Waals surface area contributed by atoms with E-state index in [1.54, 1.807) is 0 Å². The van der Waals surface area contributed by atoms with Crippen LogP contribution in [0.5, 0.6) is 11.5 Å². The van der Waals surface area contributed by atoms with Crippen LogP contribution in [0.1, 0.15) is 22.7 Å². The van der Waals surface area contributed by atoms with Crippen molar-refractivity contribution in [3.8, 4) is 11.5 Å². The van der Waals surface area contributed by atoms with E-state index in [1.165, 1.54) is 0 Å². The number of fused-ring (bicyclic) bond motifs is 2. The first-order valence-corrected chi connectivity index (χ1v) is 7.72. The number of hydrogen-bond acceptors (Lipinski definition) is 4. The third-order valence-corrected chi connectivity index (χ3v) is 4.42. The minimum absolute atomic E-state index is 0.178. The lowest BCUT2D eigenvalue weighted by molar-refractivity contribution is -0.481. The lowest BCUT2D eigenvalue weighted by atomic mass is 9.89. The topological polar surface area (TPSA) is 77.4 Å². The second kappa shape index (κ2) is 5.56. The van der Waals surface area contributed by atoms with E-state index in [9.17, 15) is 10.1 Å². The van der Waals surface area contributed by atoms with E-state index >= 15 is 0 Å². The van der Waals surface area contributed by atoms with Crippen LogP contribution in [0.15, 0.2) is 42.5 Å². The maximum Gasteiger partial charge on any atom is 0.231 e. The molecule has 0 amide bonds. The Morgan fingerprint density at radius 2 is 2.00 bits per heavy atom. The number of para-hydroxylation sites is 1. The number of aryl methyl sites for hydroxylation is 1. The van der Waals surface area contributed by atoms with Crippen LogP contribution in [0, 0.1) is 17.0 Å². The minimum Gasteiger partial charge on any atom is -0.454 e. The van der Waals surface area contributed by atoms with E-state index in [1.807, 2.05) is 49.4 Å². The number of aromatic amines is 1. The third-order valence-electron chi connectivity index (χ3n) is 4.42. The molecule has 0 saturated carbocycles. The fourth-order valence-corrected chi connectivity index (χ4v) is 3.39. The summed E-state index contributed by atoms with van der Waals surface area (Å²) in [5.41, 5.74) is 3.74. The van der Waals surface area contributed by atoms with Crippen LogP contribution < -0.4 is 9.47 Å². The molecule has 0 unspecified atom stereocenters. The largest absolute Gasteiger partial charge is 0.454 e. The molecule has 1 atom stereocenters. The minimum atomic E-state index is -0.356. The molecule has 0 fully saturated rings. The monoisotopic (exact) mass is 324 g/mol. The number of nitrogens with one attached hydrogen (secondary N) is 1. The molecule has 3 aromatic rings. The zero-order chi connectivity index (χ0) is 16.7. The van der Waals surface area contributed by atoms with Crippen LogP contribution in [0.4, 0.5) is 0 Å². The number of aromatic nitrogens is 1. The Morgan fingerprint density at radius 1 is 1.21 bits per heavy atom. The van der Waals surface area contributed by atoms with E-state index in [-0.39, 0.29) is 24.2 Å². The van der Waals surface area contributed by atoms with Crippen LogP contribution in [-0.2, 0) is 0 Å². The fourth-order valence-electron chi connectivity index (χ4n) is 3.39. The molecule has 0 spiro atoms. The lowest BCUT2D eigenvalue weighted by Crippen LogP contribution is -2.14. The Kier molecular flexibility index (Phi) is 3.37. The second-order valence-corrected chi connectivity index (χ2v) is 5.89. The summed E-state index contributed by atoms with van der Waals surface area (Å²) in [7, 11) is 0. The average Bonchev–Trinajstić information content (AvgIpc) is 3.15. The van der Waals surface area contributed by atoms with Crippen molar-refractivity contribution >= 4 is 10.9 Å². The summed E-state index contributed by atoms with van der Waals surface area (Å²) in [4.78, 5) is 14.4. The number of H-pyrrole nitrogens is 1. The van der Waals surface area contributed by atoms with Crippen molar-refractivity contribution in [2.45, 2.75) is 12.8 Å². The van der Waals surface area contributed by atoms with Crippen LogP contribution in [0.3, 0.4) is 0 Å². The molecule has 1 aliphatic rings. The molecule has 6 nitrogen and oxygen atoms in total. The predicted octanol–water partition coefficient (Wildman–Crippen LogP) is 3.61. The molecule has 4 rings (SSSR count). The second-order valence-electron chi connectivity index (χ2n) is 5.89. The maximum absolute atomic E-state index is 11.3. The average molecular weight is 324 g/mol. The molecule has 0 saturated heterocycles. The number of nitro groups is 1. The first-order chi connectivity index (χ1) is 11.6. The van der Waals surface area contributed by atoms with Crippen LogP contribution in [-0.4, -0.2) is 23.2 Å². The van der Waals surface area contributed by atoms with E-state index in [0.717, 1.165) is 27.7 Å². The SMILES string of the molecule is Cc1[nH]c2ccccc2c1[C@@H](C[N+](=O)[O-])c1ccc2c(c1)OCO2. The van der Waals surface area contributed by atoms with E-state index in [0.29, 0.717) is 11.5 Å². The Bertz CT molecular complexity index is 932. The Labute approximate surface area is 138 Å². The van der Waals surface area contributed by atoms with Gasteiger partial charge in [0.25, 0.3) is 0 Å². The molecule has 2 aromatic carbocycles. The van der Waals surface area contributed by atoms with Crippen LogP contribution >= 0.6 is 0 Å². The molecule has 0 bridgehead atoms. The summed E-state index contributed by atoms with van der Waals surface area (Å²) < 4.78 is 10.8. The zero-order valence-corrected chi connectivity index (χ0v) is 13.1. The smallest absolute Gasteiger partial charge is 0.231 e. The van der Waals surface area contributed by atoms with Gasteiger partial charge in [-0.2, -0.15) is 0 Å². The molecule has 0 aliphatic carbocycles. The normalized spacial score (nSPS) is 14.0. The molecule has 1 aromatic heterocycles. The third kappa shape index (κ3) is 2.36. The van der Waals surface area contributed by atoms with Crippen LogP contribution in [0.25, 0.3) is 10.9 Å².